The fourth-order valence-corrected chi connectivity index (χ4v) is 4.05. The number of non-ortho nitro benzene ring substituents is 1. The standard InChI is InChI=1S/C21H20N4O5S/c1-29-18-12-13(25(27)28)5-6-14(18)16-7-8-17(30-16)20-19(15-4-2-3-9-22-15)23-21(31)24(20)10-11-26/h2-9,12,19-20,26H,10-11H2,1H3,(H,23,31)/t19-,20+/m1/s1. The van der Waals surface area contributed by atoms with E-state index in [0.717, 1.165) is 5.69 Å². The minimum Gasteiger partial charge on any atom is -0.496 e. The molecule has 3 heterocycles. The molecule has 1 fully saturated rings. The van der Waals surface area contributed by atoms with Gasteiger partial charge in [0.15, 0.2) is 5.11 Å². The van der Waals surface area contributed by atoms with Gasteiger partial charge < -0.3 is 24.5 Å². The molecule has 31 heavy (non-hydrogen) atoms. The molecule has 0 bridgehead atoms. The van der Waals surface area contributed by atoms with Gasteiger partial charge in [0.2, 0.25) is 0 Å². The second kappa shape index (κ2) is 8.70. The van der Waals surface area contributed by atoms with Crippen LogP contribution in [0.25, 0.3) is 11.3 Å². The van der Waals surface area contributed by atoms with Crippen LogP contribution in [-0.2, 0) is 0 Å². The highest BCUT2D eigenvalue weighted by molar-refractivity contribution is 7.80. The number of nitro benzene ring substituents is 1. The fraction of sp³-hybridized carbons (Fsp3) is 0.238. The van der Waals surface area contributed by atoms with Crippen molar-refractivity contribution in [3.05, 3.63) is 76.3 Å². The first-order valence-corrected chi connectivity index (χ1v) is 9.95. The molecule has 2 atom stereocenters. The van der Waals surface area contributed by atoms with Crippen LogP contribution in [0.5, 0.6) is 5.75 Å². The van der Waals surface area contributed by atoms with Crippen molar-refractivity contribution in [1.82, 2.24) is 15.2 Å². The largest absolute Gasteiger partial charge is 0.496 e. The van der Waals surface area contributed by atoms with Gasteiger partial charge in [0.25, 0.3) is 5.69 Å². The molecule has 0 unspecified atom stereocenters. The predicted molar refractivity (Wildman–Crippen MR) is 117 cm³/mol. The van der Waals surface area contributed by atoms with E-state index in [1.807, 2.05) is 29.2 Å². The highest BCUT2D eigenvalue weighted by atomic mass is 32.1. The lowest BCUT2D eigenvalue weighted by atomic mass is 10.0. The van der Waals surface area contributed by atoms with E-state index < -0.39 is 4.92 Å². The molecular weight excluding hydrogens is 420 g/mol. The maximum atomic E-state index is 11.1. The topological polar surface area (TPSA) is 114 Å². The first-order chi connectivity index (χ1) is 15.0. The van der Waals surface area contributed by atoms with E-state index in [4.69, 9.17) is 21.4 Å². The van der Waals surface area contributed by atoms with Crippen molar-refractivity contribution in [2.24, 2.45) is 0 Å². The summed E-state index contributed by atoms with van der Waals surface area (Å²) in [7, 11) is 1.45. The molecule has 9 nitrogen and oxygen atoms in total. The molecule has 10 heteroatoms. The summed E-state index contributed by atoms with van der Waals surface area (Å²) < 4.78 is 11.5. The number of hydrogen-bond acceptors (Lipinski definition) is 7. The number of aliphatic hydroxyl groups is 1. The normalized spacial score (nSPS) is 18.1. The second-order valence-electron chi connectivity index (χ2n) is 6.89. The number of rotatable bonds is 7. The molecule has 0 amide bonds. The van der Waals surface area contributed by atoms with Gasteiger partial charge in [-0.3, -0.25) is 15.1 Å². The van der Waals surface area contributed by atoms with Crippen LogP contribution in [0.1, 0.15) is 23.5 Å². The van der Waals surface area contributed by atoms with Gasteiger partial charge in [-0.05, 0) is 42.5 Å². The van der Waals surface area contributed by atoms with Crippen molar-refractivity contribution in [2.45, 2.75) is 12.1 Å². The number of aliphatic hydroxyl groups excluding tert-OH is 1. The Morgan fingerprint density at radius 2 is 2.16 bits per heavy atom. The third-order valence-electron chi connectivity index (χ3n) is 5.12. The molecule has 0 saturated carbocycles. The Labute approximate surface area is 183 Å². The molecule has 0 radical (unpaired) electrons. The molecule has 1 saturated heterocycles. The molecule has 0 spiro atoms. The summed E-state index contributed by atoms with van der Waals surface area (Å²) in [4.78, 5) is 16.9. The van der Waals surface area contributed by atoms with Crippen LogP contribution in [-0.4, -0.2) is 45.3 Å². The minimum absolute atomic E-state index is 0.0675. The summed E-state index contributed by atoms with van der Waals surface area (Å²) in [6.45, 7) is 0.258. The molecule has 2 N–H and O–H groups in total. The average molecular weight is 440 g/mol. The Morgan fingerprint density at radius 3 is 2.84 bits per heavy atom. The first kappa shape index (κ1) is 20.8. The Morgan fingerprint density at radius 1 is 1.32 bits per heavy atom. The fourth-order valence-electron chi connectivity index (χ4n) is 3.72. The van der Waals surface area contributed by atoms with Gasteiger partial charge in [0.05, 0.1) is 42.0 Å². The van der Waals surface area contributed by atoms with E-state index in [9.17, 15) is 15.2 Å². The number of furan rings is 1. The van der Waals surface area contributed by atoms with E-state index >= 15 is 0 Å². The average Bonchev–Trinajstić information content (AvgIpc) is 3.39. The van der Waals surface area contributed by atoms with Crippen LogP contribution >= 0.6 is 12.2 Å². The van der Waals surface area contributed by atoms with Crippen molar-refractivity contribution >= 4 is 23.0 Å². The van der Waals surface area contributed by atoms with Crippen molar-refractivity contribution in [2.75, 3.05) is 20.3 Å². The summed E-state index contributed by atoms with van der Waals surface area (Å²) in [5.41, 5.74) is 1.32. The van der Waals surface area contributed by atoms with Crippen molar-refractivity contribution in [3.8, 4) is 17.1 Å². The van der Waals surface area contributed by atoms with Gasteiger partial charge in [0, 0.05) is 18.8 Å². The number of benzene rings is 1. The molecule has 1 aliphatic rings. The SMILES string of the molecule is COc1cc([N+](=O)[O-])ccc1-c1ccc([C@H]2[C@@H](c3ccccn3)NC(=S)N2CCO)o1. The smallest absolute Gasteiger partial charge is 0.273 e. The second-order valence-corrected chi connectivity index (χ2v) is 7.27. The van der Waals surface area contributed by atoms with Gasteiger partial charge in [-0.2, -0.15) is 0 Å². The van der Waals surface area contributed by atoms with E-state index in [1.54, 1.807) is 18.3 Å². The van der Waals surface area contributed by atoms with E-state index in [2.05, 4.69) is 10.3 Å². The maximum absolute atomic E-state index is 11.1. The predicted octanol–water partition coefficient (Wildman–Crippen LogP) is 3.22. The molecular formula is C21H20N4O5S. The van der Waals surface area contributed by atoms with Crippen LogP contribution in [0.15, 0.2) is 59.1 Å². The lowest BCUT2D eigenvalue weighted by Gasteiger charge is -2.25. The number of β-amino-alcohol motifs (C(OH)–C–C–N with tert-alkyl or cyclic N) is 1. The van der Waals surface area contributed by atoms with Gasteiger partial charge in [-0.15, -0.1) is 0 Å². The van der Waals surface area contributed by atoms with Crippen LogP contribution in [0.3, 0.4) is 0 Å². The zero-order chi connectivity index (χ0) is 22.0. The Kier molecular flexibility index (Phi) is 5.83. The highest BCUT2D eigenvalue weighted by Gasteiger charge is 2.41. The van der Waals surface area contributed by atoms with E-state index in [1.165, 1.54) is 19.2 Å². The first-order valence-electron chi connectivity index (χ1n) is 9.55. The number of hydrogen-bond donors (Lipinski definition) is 2. The lowest BCUT2D eigenvalue weighted by Crippen LogP contribution is -2.32. The number of nitrogens with one attached hydrogen (secondary N) is 1. The Balaban J connectivity index is 1.73. The molecule has 2 aromatic heterocycles. The highest BCUT2D eigenvalue weighted by Crippen LogP contribution is 2.41. The van der Waals surface area contributed by atoms with Gasteiger partial charge in [-0.1, -0.05) is 6.07 Å². The molecule has 160 valence electrons. The number of aromatic nitrogens is 1. The van der Waals surface area contributed by atoms with Crippen molar-refractivity contribution in [3.63, 3.8) is 0 Å². The van der Waals surface area contributed by atoms with E-state index in [-0.39, 0.29) is 24.4 Å². The monoisotopic (exact) mass is 440 g/mol. The van der Waals surface area contributed by atoms with Crippen LogP contribution in [0.4, 0.5) is 5.69 Å². The third kappa shape index (κ3) is 3.94. The minimum atomic E-state index is -0.477. The van der Waals surface area contributed by atoms with Crippen molar-refractivity contribution < 1.29 is 19.2 Å². The van der Waals surface area contributed by atoms with Gasteiger partial charge in [0.1, 0.15) is 23.3 Å². The molecule has 4 rings (SSSR count). The summed E-state index contributed by atoms with van der Waals surface area (Å²) in [6, 6.07) is 13.0. The molecule has 0 aliphatic carbocycles. The number of pyridine rings is 1. The zero-order valence-corrected chi connectivity index (χ0v) is 17.4. The number of nitrogens with zero attached hydrogens (tertiary/aromatic N) is 3. The summed E-state index contributed by atoms with van der Waals surface area (Å²) in [5.74, 6) is 1.46. The number of ether oxygens (including phenoxy) is 1. The number of nitro groups is 1. The van der Waals surface area contributed by atoms with Crippen LogP contribution in [0.2, 0.25) is 0 Å². The number of thiocarbonyl (C=S) groups is 1. The quantitative estimate of drug-likeness (QED) is 0.325. The van der Waals surface area contributed by atoms with E-state index in [0.29, 0.717) is 34.5 Å². The molecule has 1 aliphatic heterocycles. The lowest BCUT2D eigenvalue weighted by molar-refractivity contribution is -0.384. The Hall–Kier alpha value is -3.50. The third-order valence-corrected chi connectivity index (χ3v) is 5.47. The number of methoxy groups -OCH3 is 1. The molecule has 3 aromatic rings. The zero-order valence-electron chi connectivity index (χ0n) is 16.6. The van der Waals surface area contributed by atoms with Crippen LogP contribution in [0, 0.1) is 10.1 Å². The summed E-state index contributed by atoms with van der Waals surface area (Å²) >= 11 is 5.49. The van der Waals surface area contributed by atoms with Gasteiger partial charge in [-0.25, -0.2) is 0 Å². The Bertz CT molecular complexity index is 1100. The maximum Gasteiger partial charge on any atom is 0.273 e. The van der Waals surface area contributed by atoms with Crippen molar-refractivity contribution in [1.29, 1.82) is 0 Å². The molecule has 1 aromatic carbocycles. The summed E-state index contributed by atoms with van der Waals surface area (Å²) in [5, 5.41) is 24.4. The summed E-state index contributed by atoms with van der Waals surface area (Å²) in [6.07, 6.45) is 1.71. The van der Waals surface area contributed by atoms with Crippen LogP contribution < -0.4 is 10.1 Å². The van der Waals surface area contributed by atoms with Gasteiger partial charge >= 0.3 is 0 Å².